The minimum absolute atomic E-state index is 0.0706. The number of hydrogen-bond acceptors (Lipinski definition) is 4. The number of amides is 1. The summed E-state index contributed by atoms with van der Waals surface area (Å²) in [4.78, 5) is 10.7. The minimum atomic E-state index is -1.57. The number of hydrogen-bond donors (Lipinski definition) is 1. The Morgan fingerprint density at radius 1 is 1.25 bits per heavy atom. The first-order valence-electron chi connectivity index (χ1n) is 3.12. The van der Waals surface area contributed by atoms with Crippen molar-refractivity contribution < 1.29 is 4.79 Å². The van der Waals surface area contributed by atoms with Crippen molar-refractivity contribution in [2.24, 2.45) is 16.6 Å². The van der Waals surface area contributed by atoms with E-state index in [2.05, 4.69) is 0 Å². The SMILES string of the molecule is N#CC1(C#N)C[C@]1(C#N)C(N)=O. The highest BCUT2D eigenvalue weighted by molar-refractivity contribution is 5.90. The summed E-state index contributed by atoms with van der Waals surface area (Å²) in [6.07, 6.45) is -0.0706. The van der Waals surface area contributed by atoms with Crippen molar-refractivity contribution in [2.75, 3.05) is 0 Å². The van der Waals surface area contributed by atoms with Gasteiger partial charge in [0.15, 0.2) is 10.8 Å². The number of nitrogens with zero attached hydrogens (tertiary/aromatic N) is 3. The molecule has 0 unspecified atom stereocenters. The third kappa shape index (κ3) is 0.568. The van der Waals surface area contributed by atoms with Crippen LogP contribution in [0.3, 0.4) is 0 Å². The van der Waals surface area contributed by atoms with Crippen LogP contribution >= 0.6 is 0 Å². The van der Waals surface area contributed by atoms with Gasteiger partial charge >= 0.3 is 0 Å². The molecule has 0 spiro atoms. The quantitative estimate of drug-likeness (QED) is 0.552. The van der Waals surface area contributed by atoms with E-state index in [1.54, 1.807) is 18.2 Å². The van der Waals surface area contributed by atoms with Gasteiger partial charge in [-0.05, 0) is 0 Å². The molecule has 1 amide bonds. The van der Waals surface area contributed by atoms with Gasteiger partial charge in [0.25, 0.3) is 0 Å². The van der Waals surface area contributed by atoms with Crippen LogP contribution in [-0.4, -0.2) is 5.91 Å². The molecule has 0 aromatic carbocycles. The van der Waals surface area contributed by atoms with Crippen LogP contribution < -0.4 is 5.73 Å². The van der Waals surface area contributed by atoms with Crippen molar-refractivity contribution in [3.8, 4) is 18.2 Å². The van der Waals surface area contributed by atoms with Crippen LogP contribution in [0.4, 0.5) is 0 Å². The van der Waals surface area contributed by atoms with E-state index in [0.29, 0.717) is 0 Å². The number of rotatable bonds is 1. The molecule has 0 aromatic rings. The maximum Gasteiger partial charge on any atom is 0.240 e. The van der Waals surface area contributed by atoms with E-state index in [4.69, 9.17) is 21.5 Å². The molecule has 12 heavy (non-hydrogen) atoms. The Kier molecular flexibility index (Phi) is 1.32. The number of nitrogens with two attached hydrogens (primary N) is 1. The maximum absolute atomic E-state index is 10.7. The second-order valence-electron chi connectivity index (χ2n) is 2.69. The van der Waals surface area contributed by atoms with Crippen LogP contribution in [0.15, 0.2) is 0 Å². The van der Waals surface area contributed by atoms with Gasteiger partial charge in [0.1, 0.15) is 0 Å². The Morgan fingerprint density at radius 2 is 1.75 bits per heavy atom. The molecule has 5 heteroatoms. The summed E-state index contributed by atoms with van der Waals surface area (Å²) in [5.41, 5.74) is 1.83. The molecule has 2 N–H and O–H groups in total. The fraction of sp³-hybridized carbons (Fsp3) is 0.429. The first-order chi connectivity index (χ1) is 5.58. The zero-order valence-electron chi connectivity index (χ0n) is 6.03. The lowest BCUT2D eigenvalue weighted by atomic mass is 9.96. The molecule has 1 saturated carbocycles. The van der Waals surface area contributed by atoms with E-state index in [1.807, 2.05) is 0 Å². The average Bonchev–Trinajstić information content (AvgIpc) is 2.75. The standard InChI is InChI=1S/C7H4N4O/c8-2-6(3-9)1-7(6,4-10)5(11)12/h1H2,(H2,11,12)/t7-/m0/s1. The van der Waals surface area contributed by atoms with Crippen LogP contribution in [0, 0.1) is 44.8 Å². The molecule has 1 rings (SSSR count). The molecule has 58 valence electrons. The van der Waals surface area contributed by atoms with Crippen LogP contribution in [0.2, 0.25) is 0 Å². The topological polar surface area (TPSA) is 114 Å². The number of primary amides is 1. The Hall–Kier alpha value is -2.06. The first-order valence-corrected chi connectivity index (χ1v) is 3.12. The first kappa shape index (κ1) is 8.04. The van der Waals surface area contributed by atoms with Crippen LogP contribution in [0.25, 0.3) is 0 Å². The van der Waals surface area contributed by atoms with E-state index in [1.165, 1.54) is 0 Å². The molecule has 0 radical (unpaired) electrons. The number of carbonyl (C=O) groups excluding carboxylic acids is 1. The molecule has 1 aliphatic carbocycles. The predicted octanol–water partition coefficient (Wildman–Crippen LogP) is -0.581. The summed E-state index contributed by atoms with van der Waals surface area (Å²) >= 11 is 0. The van der Waals surface area contributed by atoms with Gasteiger partial charge in [-0.2, -0.15) is 15.8 Å². The smallest absolute Gasteiger partial charge is 0.240 e. The summed E-state index contributed by atoms with van der Waals surface area (Å²) in [6, 6.07) is 4.91. The van der Waals surface area contributed by atoms with Gasteiger partial charge in [-0.25, -0.2) is 0 Å². The zero-order valence-corrected chi connectivity index (χ0v) is 6.03. The zero-order chi connectivity index (χ0) is 9.41. The van der Waals surface area contributed by atoms with Gasteiger partial charge in [0.2, 0.25) is 5.91 Å². The summed E-state index contributed by atoms with van der Waals surface area (Å²) in [6.45, 7) is 0. The monoisotopic (exact) mass is 160 g/mol. The molecule has 0 saturated heterocycles. The number of carbonyl (C=O) groups is 1. The van der Waals surface area contributed by atoms with Crippen LogP contribution in [-0.2, 0) is 4.79 Å². The highest BCUT2D eigenvalue weighted by Gasteiger charge is 2.75. The Balaban J connectivity index is 3.15. The molecule has 5 nitrogen and oxygen atoms in total. The summed E-state index contributed by atoms with van der Waals surface area (Å²) in [5.74, 6) is -0.895. The Morgan fingerprint density at radius 3 is 1.83 bits per heavy atom. The normalized spacial score (nSPS) is 29.1. The molecular formula is C7H4N4O. The Labute approximate surface area is 68.6 Å². The van der Waals surface area contributed by atoms with E-state index < -0.39 is 16.7 Å². The highest BCUT2D eigenvalue weighted by Crippen LogP contribution is 2.62. The Bertz CT molecular complexity index is 352. The lowest BCUT2D eigenvalue weighted by Crippen LogP contribution is -2.28. The molecule has 0 aromatic heterocycles. The van der Waals surface area contributed by atoms with Gasteiger partial charge in [-0.1, -0.05) is 0 Å². The van der Waals surface area contributed by atoms with Gasteiger partial charge < -0.3 is 5.73 Å². The lowest BCUT2D eigenvalue weighted by Gasteiger charge is -2.00. The minimum Gasteiger partial charge on any atom is -0.368 e. The van der Waals surface area contributed by atoms with Crippen LogP contribution in [0.5, 0.6) is 0 Å². The van der Waals surface area contributed by atoms with Gasteiger partial charge in [0, 0.05) is 6.42 Å². The maximum atomic E-state index is 10.7. The van der Waals surface area contributed by atoms with Crippen LogP contribution in [0.1, 0.15) is 6.42 Å². The van der Waals surface area contributed by atoms with Gasteiger partial charge in [-0.3, -0.25) is 4.79 Å². The van der Waals surface area contributed by atoms with E-state index in [9.17, 15) is 4.79 Å². The number of nitriles is 3. The van der Waals surface area contributed by atoms with Crippen molar-refractivity contribution >= 4 is 5.91 Å². The molecule has 1 aliphatic rings. The van der Waals surface area contributed by atoms with Crippen molar-refractivity contribution in [2.45, 2.75) is 6.42 Å². The largest absolute Gasteiger partial charge is 0.368 e. The molecule has 0 bridgehead atoms. The molecule has 1 atom stereocenters. The second-order valence-corrected chi connectivity index (χ2v) is 2.69. The molecule has 0 aliphatic heterocycles. The van der Waals surface area contributed by atoms with Crippen molar-refractivity contribution in [1.29, 1.82) is 15.8 Å². The summed E-state index contributed by atoms with van der Waals surface area (Å²) in [5, 5.41) is 25.7. The fourth-order valence-electron chi connectivity index (χ4n) is 1.14. The van der Waals surface area contributed by atoms with E-state index >= 15 is 0 Å². The summed E-state index contributed by atoms with van der Waals surface area (Å²) < 4.78 is 0. The third-order valence-corrected chi connectivity index (χ3v) is 2.13. The predicted molar refractivity (Wildman–Crippen MR) is 35.5 cm³/mol. The van der Waals surface area contributed by atoms with Crippen molar-refractivity contribution in [3.05, 3.63) is 0 Å². The van der Waals surface area contributed by atoms with Gasteiger partial charge in [-0.15, -0.1) is 0 Å². The summed E-state index contributed by atoms with van der Waals surface area (Å²) in [7, 11) is 0. The van der Waals surface area contributed by atoms with E-state index in [-0.39, 0.29) is 6.42 Å². The van der Waals surface area contributed by atoms with Gasteiger partial charge in [0.05, 0.1) is 18.2 Å². The highest BCUT2D eigenvalue weighted by atomic mass is 16.1. The fourth-order valence-corrected chi connectivity index (χ4v) is 1.14. The lowest BCUT2D eigenvalue weighted by molar-refractivity contribution is -0.121. The molecule has 0 heterocycles. The average molecular weight is 160 g/mol. The molecule has 1 fully saturated rings. The van der Waals surface area contributed by atoms with Crippen molar-refractivity contribution in [3.63, 3.8) is 0 Å². The second kappa shape index (κ2) is 1.96. The van der Waals surface area contributed by atoms with Crippen molar-refractivity contribution in [1.82, 2.24) is 0 Å². The van der Waals surface area contributed by atoms with E-state index in [0.717, 1.165) is 0 Å². The third-order valence-electron chi connectivity index (χ3n) is 2.13. The molecular weight excluding hydrogens is 156 g/mol.